The fourth-order valence-corrected chi connectivity index (χ4v) is 2.49. The maximum atomic E-state index is 12.2. The van der Waals surface area contributed by atoms with Crippen LogP contribution >= 0.6 is 0 Å². The molecule has 1 aliphatic heterocycles. The molecule has 2 rings (SSSR count). The average Bonchev–Trinajstić information content (AvgIpc) is 3.00. The van der Waals surface area contributed by atoms with Gasteiger partial charge in [0.15, 0.2) is 0 Å². The number of anilines is 1. The van der Waals surface area contributed by atoms with Crippen LogP contribution in [0.4, 0.5) is 5.82 Å². The van der Waals surface area contributed by atoms with Gasteiger partial charge in [0.1, 0.15) is 5.82 Å². The summed E-state index contributed by atoms with van der Waals surface area (Å²) < 4.78 is 5.56. The lowest BCUT2D eigenvalue weighted by Crippen LogP contribution is -2.27. The SMILES string of the molecule is CCNc1cc(C(=O)NCCC2CCCO2)cc(CC)n1. The number of hydrogen-bond acceptors (Lipinski definition) is 4. The summed E-state index contributed by atoms with van der Waals surface area (Å²) in [4.78, 5) is 16.7. The van der Waals surface area contributed by atoms with Gasteiger partial charge in [-0.15, -0.1) is 0 Å². The maximum absolute atomic E-state index is 12.2. The van der Waals surface area contributed by atoms with Crippen LogP contribution in [0.2, 0.25) is 0 Å². The zero-order valence-corrected chi connectivity index (χ0v) is 12.9. The number of carbonyl (C=O) groups is 1. The summed E-state index contributed by atoms with van der Waals surface area (Å²) in [6.07, 6.45) is 4.25. The van der Waals surface area contributed by atoms with Crippen LogP contribution in [0.25, 0.3) is 0 Å². The predicted molar refractivity (Wildman–Crippen MR) is 83.7 cm³/mol. The molecule has 0 saturated carbocycles. The minimum Gasteiger partial charge on any atom is -0.378 e. The first-order valence-corrected chi connectivity index (χ1v) is 7.87. The molecular formula is C16H25N3O2. The molecule has 1 aromatic rings. The van der Waals surface area contributed by atoms with Crippen LogP contribution in [0.1, 0.15) is 49.2 Å². The monoisotopic (exact) mass is 291 g/mol. The number of rotatable bonds is 7. The van der Waals surface area contributed by atoms with E-state index in [1.807, 2.05) is 26.0 Å². The highest BCUT2D eigenvalue weighted by atomic mass is 16.5. The Hall–Kier alpha value is -1.62. The minimum atomic E-state index is -0.0377. The summed E-state index contributed by atoms with van der Waals surface area (Å²) in [6, 6.07) is 3.67. The molecule has 1 amide bonds. The molecule has 1 aromatic heterocycles. The Morgan fingerprint density at radius 1 is 1.43 bits per heavy atom. The molecule has 1 aliphatic rings. The van der Waals surface area contributed by atoms with Crippen molar-refractivity contribution >= 4 is 11.7 Å². The van der Waals surface area contributed by atoms with Gasteiger partial charge < -0.3 is 15.4 Å². The van der Waals surface area contributed by atoms with Gasteiger partial charge in [0, 0.05) is 31.0 Å². The number of aryl methyl sites for hydroxylation is 1. The number of nitrogens with one attached hydrogen (secondary N) is 2. The molecular weight excluding hydrogens is 266 g/mol. The molecule has 0 aliphatic carbocycles. The van der Waals surface area contributed by atoms with Crippen LogP contribution in [0.5, 0.6) is 0 Å². The Morgan fingerprint density at radius 2 is 2.29 bits per heavy atom. The van der Waals surface area contributed by atoms with Gasteiger partial charge in [0.25, 0.3) is 5.91 Å². The molecule has 21 heavy (non-hydrogen) atoms. The summed E-state index contributed by atoms with van der Waals surface area (Å²) >= 11 is 0. The van der Waals surface area contributed by atoms with E-state index in [1.165, 1.54) is 0 Å². The summed E-state index contributed by atoms with van der Waals surface area (Å²) in [5, 5.41) is 6.14. The molecule has 1 fully saturated rings. The zero-order valence-electron chi connectivity index (χ0n) is 12.9. The standard InChI is InChI=1S/C16H25N3O2/c1-3-13-10-12(11-15(19-13)17-4-2)16(20)18-8-7-14-6-5-9-21-14/h10-11,14H,3-9H2,1-2H3,(H,17,19)(H,18,20). The van der Waals surface area contributed by atoms with Crippen molar-refractivity contribution in [2.24, 2.45) is 0 Å². The van der Waals surface area contributed by atoms with Crippen molar-refractivity contribution in [1.29, 1.82) is 0 Å². The highest BCUT2D eigenvalue weighted by Crippen LogP contribution is 2.15. The molecule has 2 heterocycles. The van der Waals surface area contributed by atoms with E-state index in [-0.39, 0.29) is 5.91 Å². The first-order chi connectivity index (χ1) is 10.2. The van der Waals surface area contributed by atoms with Gasteiger partial charge in [-0.2, -0.15) is 0 Å². The number of nitrogens with zero attached hydrogens (tertiary/aromatic N) is 1. The lowest BCUT2D eigenvalue weighted by Gasteiger charge is -2.11. The molecule has 2 N–H and O–H groups in total. The fourth-order valence-electron chi connectivity index (χ4n) is 2.49. The smallest absolute Gasteiger partial charge is 0.251 e. The van der Waals surface area contributed by atoms with E-state index in [2.05, 4.69) is 15.6 Å². The Labute approximate surface area is 126 Å². The second kappa shape index (κ2) is 7.98. The Bertz CT molecular complexity index is 471. The molecule has 0 radical (unpaired) electrons. The third kappa shape index (κ3) is 4.70. The molecule has 116 valence electrons. The molecule has 5 heteroatoms. The summed E-state index contributed by atoms with van der Waals surface area (Å²) in [7, 11) is 0. The number of amides is 1. The first kappa shape index (κ1) is 15.8. The number of aromatic nitrogens is 1. The molecule has 0 aromatic carbocycles. The summed E-state index contributed by atoms with van der Waals surface area (Å²) in [5.41, 5.74) is 1.60. The van der Waals surface area contributed by atoms with Gasteiger partial charge in [-0.05, 0) is 44.7 Å². The third-order valence-electron chi connectivity index (χ3n) is 3.64. The fraction of sp³-hybridized carbons (Fsp3) is 0.625. The molecule has 0 spiro atoms. The van der Waals surface area contributed by atoms with Gasteiger partial charge in [-0.3, -0.25) is 4.79 Å². The van der Waals surface area contributed by atoms with E-state index in [4.69, 9.17) is 4.74 Å². The van der Waals surface area contributed by atoms with Crippen LogP contribution in [0, 0.1) is 0 Å². The van der Waals surface area contributed by atoms with Crippen LogP contribution in [0.3, 0.4) is 0 Å². The third-order valence-corrected chi connectivity index (χ3v) is 3.64. The maximum Gasteiger partial charge on any atom is 0.251 e. The number of pyridine rings is 1. The normalized spacial score (nSPS) is 17.7. The van der Waals surface area contributed by atoms with Crippen LogP contribution in [-0.2, 0) is 11.2 Å². The second-order valence-corrected chi connectivity index (χ2v) is 5.30. The predicted octanol–water partition coefficient (Wildman–Crippen LogP) is 2.37. The molecule has 1 saturated heterocycles. The van der Waals surface area contributed by atoms with Crippen LogP contribution in [-0.4, -0.2) is 36.7 Å². The molecule has 1 unspecified atom stereocenters. The van der Waals surface area contributed by atoms with Gasteiger partial charge in [0.2, 0.25) is 0 Å². The Kier molecular flexibility index (Phi) is 5.99. The highest BCUT2D eigenvalue weighted by molar-refractivity contribution is 5.95. The number of ether oxygens (including phenoxy) is 1. The van der Waals surface area contributed by atoms with E-state index in [0.717, 1.165) is 50.3 Å². The van der Waals surface area contributed by atoms with Crippen molar-refractivity contribution in [1.82, 2.24) is 10.3 Å². The second-order valence-electron chi connectivity index (χ2n) is 5.30. The largest absolute Gasteiger partial charge is 0.378 e. The van der Waals surface area contributed by atoms with Gasteiger partial charge in [-0.1, -0.05) is 6.92 Å². The molecule has 1 atom stereocenters. The van der Waals surface area contributed by atoms with Crippen molar-refractivity contribution in [3.05, 3.63) is 23.4 Å². The molecule has 5 nitrogen and oxygen atoms in total. The highest BCUT2D eigenvalue weighted by Gasteiger charge is 2.15. The van der Waals surface area contributed by atoms with Crippen molar-refractivity contribution < 1.29 is 9.53 Å². The van der Waals surface area contributed by atoms with Gasteiger partial charge >= 0.3 is 0 Å². The van der Waals surface area contributed by atoms with Crippen molar-refractivity contribution in [2.75, 3.05) is 25.0 Å². The van der Waals surface area contributed by atoms with Crippen molar-refractivity contribution in [2.45, 2.75) is 45.6 Å². The van der Waals surface area contributed by atoms with E-state index in [0.29, 0.717) is 18.2 Å². The van der Waals surface area contributed by atoms with Gasteiger partial charge in [0.05, 0.1) is 6.10 Å². The lowest BCUT2D eigenvalue weighted by molar-refractivity contribution is 0.0907. The first-order valence-electron chi connectivity index (χ1n) is 7.87. The van der Waals surface area contributed by atoms with Gasteiger partial charge in [-0.25, -0.2) is 4.98 Å². The lowest BCUT2D eigenvalue weighted by atomic mass is 10.1. The van der Waals surface area contributed by atoms with E-state index in [9.17, 15) is 4.79 Å². The van der Waals surface area contributed by atoms with E-state index >= 15 is 0 Å². The average molecular weight is 291 g/mol. The Morgan fingerprint density at radius 3 is 2.95 bits per heavy atom. The van der Waals surface area contributed by atoms with Crippen molar-refractivity contribution in [3.8, 4) is 0 Å². The molecule has 0 bridgehead atoms. The number of hydrogen-bond donors (Lipinski definition) is 2. The van der Waals surface area contributed by atoms with Crippen molar-refractivity contribution in [3.63, 3.8) is 0 Å². The summed E-state index contributed by atoms with van der Waals surface area (Å²) in [5.74, 6) is 0.727. The zero-order chi connectivity index (χ0) is 15.1. The van der Waals surface area contributed by atoms with Crippen LogP contribution in [0.15, 0.2) is 12.1 Å². The van der Waals surface area contributed by atoms with Crippen LogP contribution < -0.4 is 10.6 Å². The Balaban J connectivity index is 1.92. The topological polar surface area (TPSA) is 63.2 Å². The quantitative estimate of drug-likeness (QED) is 0.809. The van der Waals surface area contributed by atoms with E-state index in [1.54, 1.807) is 0 Å². The number of carbonyl (C=O) groups excluding carboxylic acids is 1. The minimum absolute atomic E-state index is 0.0377. The van der Waals surface area contributed by atoms with E-state index < -0.39 is 0 Å². The summed E-state index contributed by atoms with van der Waals surface area (Å²) in [6.45, 7) is 6.36.